The monoisotopic (exact) mass is 390 g/mol. The van der Waals surface area contributed by atoms with Crippen molar-refractivity contribution >= 4 is 21.6 Å². The van der Waals surface area contributed by atoms with Gasteiger partial charge in [-0.3, -0.25) is 9.10 Å². The van der Waals surface area contributed by atoms with Gasteiger partial charge in [-0.25, -0.2) is 12.8 Å². The number of rotatable bonds is 5. The predicted octanol–water partition coefficient (Wildman–Crippen LogP) is 3.42. The van der Waals surface area contributed by atoms with Crippen LogP contribution in [0.2, 0.25) is 0 Å². The summed E-state index contributed by atoms with van der Waals surface area (Å²) in [5.74, 6) is -0.602. The SMILES string of the molecule is CS(=O)(=O)N(Cc1ccc(C(=O)N2CCCCC2)cc1)c1ccccc1F. The molecule has 2 aromatic carbocycles. The highest BCUT2D eigenvalue weighted by molar-refractivity contribution is 7.92. The maximum Gasteiger partial charge on any atom is 0.253 e. The first-order chi connectivity index (χ1) is 12.9. The Morgan fingerprint density at radius 1 is 1.04 bits per heavy atom. The van der Waals surface area contributed by atoms with Crippen LogP contribution in [0, 0.1) is 5.82 Å². The molecular weight excluding hydrogens is 367 g/mol. The number of carbonyl (C=O) groups is 1. The number of para-hydroxylation sites is 1. The van der Waals surface area contributed by atoms with Crippen molar-refractivity contribution in [2.24, 2.45) is 0 Å². The van der Waals surface area contributed by atoms with E-state index in [2.05, 4.69) is 0 Å². The molecule has 27 heavy (non-hydrogen) atoms. The fraction of sp³-hybridized carbons (Fsp3) is 0.350. The number of halogens is 1. The molecule has 3 rings (SSSR count). The number of likely N-dealkylation sites (tertiary alicyclic amines) is 1. The summed E-state index contributed by atoms with van der Waals surface area (Å²) >= 11 is 0. The Hall–Kier alpha value is -2.41. The van der Waals surface area contributed by atoms with Gasteiger partial charge in [0.25, 0.3) is 5.91 Å². The maximum atomic E-state index is 14.1. The summed E-state index contributed by atoms with van der Waals surface area (Å²) in [4.78, 5) is 14.4. The molecule has 1 aliphatic rings. The van der Waals surface area contributed by atoms with Crippen molar-refractivity contribution in [1.82, 2.24) is 4.90 Å². The summed E-state index contributed by atoms with van der Waals surface area (Å²) in [7, 11) is -3.66. The van der Waals surface area contributed by atoms with E-state index in [1.807, 2.05) is 4.90 Å². The molecule has 0 spiro atoms. The van der Waals surface area contributed by atoms with Crippen molar-refractivity contribution < 1.29 is 17.6 Å². The van der Waals surface area contributed by atoms with E-state index >= 15 is 0 Å². The van der Waals surface area contributed by atoms with Crippen molar-refractivity contribution in [3.63, 3.8) is 0 Å². The van der Waals surface area contributed by atoms with E-state index in [4.69, 9.17) is 0 Å². The van der Waals surface area contributed by atoms with E-state index in [9.17, 15) is 17.6 Å². The van der Waals surface area contributed by atoms with E-state index in [0.29, 0.717) is 11.1 Å². The number of sulfonamides is 1. The van der Waals surface area contributed by atoms with E-state index in [1.54, 1.807) is 30.3 Å². The van der Waals surface area contributed by atoms with Crippen molar-refractivity contribution in [3.05, 3.63) is 65.5 Å². The van der Waals surface area contributed by atoms with Gasteiger partial charge in [0.2, 0.25) is 10.0 Å². The first-order valence-electron chi connectivity index (χ1n) is 8.97. The lowest BCUT2D eigenvalue weighted by molar-refractivity contribution is 0.0724. The molecule has 0 saturated carbocycles. The molecule has 0 aliphatic carbocycles. The lowest BCUT2D eigenvalue weighted by Gasteiger charge is -2.27. The first kappa shape index (κ1) is 19.4. The predicted molar refractivity (Wildman–Crippen MR) is 104 cm³/mol. The fourth-order valence-corrected chi connectivity index (χ4v) is 4.12. The van der Waals surface area contributed by atoms with Crippen LogP contribution in [0.25, 0.3) is 0 Å². The number of anilines is 1. The summed E-state index contributed by atoms with van der Waals surface area (Å²) in [6.45, 7) is 1.55. The Kier molecular flexibility index (Phi) is 5.79. The van der Waals surface area contributed by atoms with Gasteiger partial charge in [-0.15, -0.1) is 0 Å². The van der Waals surface area contributed by atoms with E-state index < -0.39 is 15.8 Å². The second kappa shape index (κ2) is 8.08. The fourth-order valence-electron chi connectivity index (χ4n) is 3.23. The zero-order chi connectivity index (χ0) is 19.4. The zero-order valence-corrected chi connectivity index (χ0v) is 16.1. The molecular formula is C20H23FN2O3S. The minimum Gasteiger partial charge on any atom is -0.339 e. The number of piperidine rings is 1. The second-order valence-electron chi connectivity index (χ2n) is 6.77. The third-order valence-corrected chi connectivity index (χ3v) is 5.82. The summed E-state index contributed by atoms with van der Waals surface area (Å²) in [6, 6.07) is 12.6. The first-order valence-corrected chi connectivity index (χ1v) is 10.8. The van der Waals surface area contributed by atoms with Crippen LogP contribution in [-0.2, 0) is 16.6 Å². The smallest absolute Gasteiger partial charge is 0.253 e. The molecule has 144 valence electrons. The number of nitrogens with zero attached hydrogens (tertiary/aromatic N) is 2. The number of amides is 1. The summed E-state index contributed by atoms with van der Waals surface area (Å²) in [5, 5.41) is 0. The van der Waals surface area contributed by atoms with Crippen LogP contribution >= 0.6 is 0 Å². The Morgan fingerprint density at radius 3 is 2.26 bits per heavy atom. The summed E-state index contributed by atoms with van der Waals surface area (Å²) < 4.78 is 39.5. The average Bonchev–Trinajstić information content (AvgIpc) is 2.66. The molecule has 0 aromatic heterocycles. The molecule has 1 fully saturated rings. The Morgan fingerprint density at radius 2 is 1.67 bits per heavy atom. The van der Waals surface area contributed by atoms with Crippen LogP contribution in [0.5, 0.6) is 0 Å². The van der Waals surface area contributed by atoms with Gasteiger partial charge < -0.3 is 4.90 Å². The molecule has 0 N–H and O–H groups in total. The van der Waals surface area contributed by atoms with Crippen molar-refractivity contribution in [2.45, 2.75) is 25.8 Å². The van der Waals surface area contributed by atoms with E-state index in [-0.39, 0.29) is 18.1 Å². The van der Waals surface area contributed by atoms with Crippen LogP contribution in [0.4, 0.5) is 10.1 Å². The number of carbonyl (C=O) groups excluding carboxylic acids is 1. The van der Waals surface area contributed by atoms with Gasteiger partial charge in [0.1, 0.15) is 5.82 Å². The maximum absolute atomic E-state index is 14.1. The van der Waals surface area contributed by atoms with Gasteiger partial charge in [0, 0.05) is 18.7 Å². The van der Waals surface area contributed by atoms with Crippen LogP contribution in [-0.4, -0.2) is 38.6 Å². The van der Waals surface area contributed by atoms with Gasteiger partial charge in [0.15, 0.2) is 0 Å². The molecule has 7 heteroatoms. The van der Waals surface area contributed by atoms with Crippen molar-refractivity contribution in [2.75, 3.05) is 23.7 Å². The van der Waals surface area contributed by atoms with Crippen LogP contribution in [0.1, 0.15) is 35.2 Å². The molecule has 5 nitrogen and oxygen atoms in total. The molecule has 0 unspecified atom stereocenters. The minimum atomic E-state index is -3.66. The molecule has 0 atom stereocenters. The van der Waals surface area contributed by atoms with Crippen molar-refractivity contribution in [3.8, 4) is 0 Å². The third kappa shape index (κ3) is 4.66. The topological polar surface area (TPSA) is 57.7 Å². The summed E-state index contributed by atoms with van der Waals surface area (Å²) in [6.07, 6.45) is 4.25. The highest BCUT2D eigenvalue weighted by atomic mass is 32.2. The molecule has 1 amide bonds. The number of hydrogen-bond donors (Lipinski definition) is 0. The van der Waals surface area contributed by atoms with Crippen LogP contribution < -0.4 is 4.31 Å². The molecule has 0 radical (unpaired) electrons. The molecule has 1 aliphatic heterocycles. The van der Waals surface area contributed by atoms with Crippen molar-refractivity contribution in [1.29, 1.82) is 0 Å². The lowest BCUT2D eigenvalue weighted by atomic mass is 10.1. The molecule has 2 aromatic rings. The molecule has 1 heterocycles. The number of hydrogen-bond acceptors (Lipinski definition) is 3. The zero-order valence-electron chi connectivity index (χ0n) is 15.3. The van der Waals surface area contributed by atoms with Gasteiger partial charge in [-0.2, -0.15) is 0 Å². The highest BCUT2D eigenvalue weighted by Crippen LogP contribution is 2.24. The standard InChI is InChI=1S/C20H23FN2O3S/c1-27(25,26)23(19-8-4-3-7-18(19)21)15-16-9-11-17(12-10-16)20(24)22-13-5-2-6-14-22/h3-4,7-12H,2,5-6,13-15H2,1H3. The minimum absolute atomic E-state index is 0.00203. The van der Waals surface area contributed by atoms with Gasteiger partial charge in [0.05, 0.1) is 18.5 Å². The van der Waals surface area contributed by atoms with E-state index in [0.717, 1.165) is 42.9 Å². The van der Waals surface area contributed by atoms with E-state index in [1.165, 1.54) is 18.2 Å². The largest absolute Gasteiger partial charge is 0.339 e. The molecule has 0 bridgehead atoms. The van der Waals surface area contributed by atoms with Gasteiger partial charge in [-0.05, 0) is 49.1 Å². The second-order valence-corrected chi connectivity index (χ2v) is 8.68. The normalized spacial score (nSPS) is 14.8. The Labute approximate surface area is 159 Å². The Bertz CT molecular complexity index is 907. The summed E-state index contributed by atoms with van der Waals surface area (Å²) in [5.41, 5.74) is 1.27. The van der Waals surface area contributed by atoms with Crippen LogP contribution in [0.3, 0.4) is 0 Å². The lowest BCUT2D eigenvalue weighted by Crippen LogP contribution is -2.35. The molecule has 1 saturated heterocycles. The average molecular weight is 390 g/mol. The third-order valence-electron chi connectivity index (χ3n) is 4.69. The highest BCUT2D eigenvalue weighted by Gasteiger charge is 2.22. The van der Waals surface area contributed by atoms with Gasteiger partial charge in [-0.1, -0.05) is 24.3 Å². The number of benzene rings is 2. The van der Waals surface area contributed by atoms with Crippen LogP contribution in [0.15, 0.2) is 48.5 Å². The Balaban J connectivity index is 1.79. The quantitative estimate of drug-likeness (QED) is 0.786. The van der Waals surface area contributed by atoms with Gasteiger partial charge >= 0.3 is 0 Å².